The van der Waals surface area contributed by atoms with Gasteiger partial charge in [-0.2, -0.15) is 5.10 Å². The number of ether oxygens (including phenoxy) is 1. The molecule has 5 nitrogen and oxygen atoms in total. The molecule has 1 aromatic heterocycles. The highest BCUT2D eigenvalue weighted by molar-refractivity contribution is 5.87. The Hall–Kier alpha value is -2.30. The lowest BCUT2D eigenvalue weighted by Gasteiger charge is -2.09. The highest BCUT2D eigenvalue weighted by Gasteiger charge is 2.13. The number of aromatic amines is 1. The summed E-state index contributed by atoms with van der Waals surface area (Å²) in [4.78, 5) is 10.9. The molecule has 100 valence electrons. The zero-order valence-corrected chi connectivity index (χ0v) is 10.9. The van der Waals surface area contributed by atoms with Crippen molar-refractivity contribution in [2.75, 3.05) is 6.61 Å². The number of aromatic nitrogens is 2. The van der Waals surface area contributed by atoms with Crippen molar-refractivity contribution in [3.63, 3.8) is 0 Å². The molecule has 2 rings (SSSR count). The van der Waals surface area contributed by atoms with Crippen molar-refractivity contribution in [2.45, 2.75) is 20.3 Å². The van der Waals surface area contributed by atoms with Crippen molar-refractivity contribution in [1.29, 1.82) is 0 Å². The molecule has 0 aliphatic heterocycles. The molecule has 0 radical (unpaired) electrons. The first kappa shape index (κ1) is 13.1. The maximum absolute atomic E-state index is 10.9. The molecule has 2 N–H and O–H groups in total. The third-order valence-corrected chi connectivity index (χ3v) is 2.84. The standard InChI is InChI=1S/C14H16N2O3/c1-3-9-5-6-13(19-4-2)10(7-9)11-8-12(14(17)18)16-15-11/h5-8H,3-4H2,1-2H3,(H,15,16)(H,17,18). The third kappa shape index (κ3) is 2.76. The fraction of sp³-hybridized carbons (Fsp3) is 0.286. The Morgan fingerprint density at radius 1 is 1.37 bits per heavy atom. The summed E-state index contributed by atoms with van der Waals surface area (Å²) in [6.45, 7) is 4.52. The Morgan fingerprint density at radius 3 is 2.74 bits per heavy atom. The molecule has 0 saturated carbocycles. The maximum Gasteiger partial charge on any atom is 0.353 e. The second kappa shape index (κ2) is 5.56. The summed E-state index contributed by atoms with van der Waals surface area (Å²) < 4.78 is 5.56. The molecular weight excluding hydrogens is 244 g/mol. The lowest BCUT2D eigenvalue weighted by Crippen LogP contribution is -1.95. The van der Waals surface area contributed by atoms with Gasteiger partial charge in [-0.05, 0) is 37.1 Å². The summed E-state index contributed by atoms with van der Waals surface area (Å²) in [6.07, 6.45) is 0.898. The summed E-state index contributed by atoms with van der Waals surface area (Å²) in [6, 6.07) is 7.39. The van der Waals surface area contributed by atoms with Gasteiger partial charge in [0.25, 0.3) is 0 Å². The number of rotatable bonds is 5. The van der Waals surface area contributed by atoms with Crippen LogP contribution in [0.4, 0.5) is 0 Å². The van der Waals surface area contributed by atoms with E-state index in [9.17, 15) is 4.79 Å². The third-order valence-electron chi connectivity index (χ3n) is 2.84. The molecule has 0 aliphatic rings. The van der Waals surface area contributed by atoms with Gasteiger partial charge in [-0.15, -0.1) is 0 Å². The first-order chi connectivity index (χ1) is 9.15. The number of carboxylic acid groups (broad SMARTS) is 1. The molecule has 2 aromatic rings. The minimum atomic E-state index is -1.02. The molecule has 5 heteroatoms. The largest absolute Gasteiger partial charge is 0.493 e. The van der Waals surface area contributed by atoms with E-state index >= 15 is 0 Å². The summed E-state index contributed by atoms with van der Waals surface area (Å²) in [5, 5.41) is 15.5. The van der Waals surface area contributed by atoms with Crippen LogP contribution >= 0.6 is 0 Å². The fourth-order valence-electron chi connectivity index (χ4n) is 1.85. The second-order valence-electron chi connectivity index (χ2n) is 4.09. The van der Waals surface area contributed by atoms with Gasteiger partial charge in [-0.3, -0.25) is 5.10 Å². The van der Waals surface area contributed by atoms with Crippen LogP contribution in [-0.4, -0.2) is 27.9 Å². The van der Waals surface area contributed by atoms with Gasteiger partial charge >= 0.3 is 5.97 Å². The monoisotopic (exact) mass is 260 g/mol. The van der Waals surface area contributed by atoms with E-state index in [2.05, 4.69) is 17.1 Å². The molecule has 19 heavy (non-hydrogen) atoms. The highest BCUT2D eigenvalue weighted by Crippen LogP contribution is 2.30. The Bertz CT molecular complexity index is 590. The predicted octanol–water partition coefficient (Wildman–Crippen LogP) is 2.74. The van der Waals surface area contributed by atoms with Crippen molar-refractivity contribution >= 4 is 5.97 Å². The number of carbonyl (C=O) groups is 1. The van der Waals surface area contributed by atoms with Crippen LogP contribution in [0.2, 0.25) is 0 Å². The van der Waals surface area contributed by atoms with Gasteiger partial charge in [0.15, 0.2) is 0 Å². The van der Waals surface area contributed by atoms with Crippen LogP contribution in [-0.2, 0) is 6.42 Å². The van der Waals surface area contributed by atoms with Crippen LogP contribution in [0.5, 0.6) is 5.75 Å². The molecule has 1 heterocycles. The molecule has 0 fully saturated rings. The molecule has 0 unspecified atom stereocenters. The zero-order chi connectivity index (χ0) is 13.8. The van der Waals surface area contributed by atoms with E-state index in [0.717, 1.165) is 17.5 Å². The summed E-state index contributed by atoms with van der Waals surface area (Å²) in [7, 11) is 0. The molecule has 0 atom stereocenters. The number of nitrogens with zero attached hydrogens (tertiary/aromatic N) is 1. The van der Waals surface area contributed by atoms with Crippen LogP contribution in [0, 0.1) is 0 Å². The van der Waals surface area contributed by atoms with E-state index in [1.807, 2.05) is 25.1 Å². The molecular formula is C14H16N2O3. The van der Waals surface area contributed by atoms with E-state index in [-0.39, 0.29) is 5.69 Å². The van der Waals surface area contributed by atoms with Gasteiger partial charge in [-0.25, -0.2) is 4.79 Å². The molecule has 0 spiro atoms. The van der Waals surface area contributed by atoms with E-state index < -0.39 is 5.97 Å². The first-order valence-corrected chi connectivity index (χ1v) is 6.20. The van der Waals surface area contributed by atoms with Crippen molar-refractivity contribution < 1.29 is 14.6 Å². The van der Waals surface area contributed by atoms with E-state index in [4.69, 9.17) is 9.84 Å². The number of benzene rings is 1. The molecule has 0 saturated heterocycles. The summed E-state index contributed by atoms with van der Waals surface area (Å²) in [5.41, 5.74) is 2.61. The Kier molecular flexibility index (Phi) is 3.85. The van der Waals surface area contributed by atoms with Crippen molar-refractivity contribution in [3.05, 3.63) is 35.5 Å². The Balaban J connectivity index is 2.47. The van der Waals surface area contributed by atoms with E-state index in [1.165, 1.54) is 6.07 Å². The first-order valence-electron chi connectivity index (χ1n) is 6.20. The molecule has 0 bridgehead atoms. The number of H-pyrrole nitrogens is 1. The zero-order valence-electron chi connectivity index (χ0n) is 10.9. The minimum absolute atomic E-state index is 0.0688. The quantitative estimate of drug-likeness (QED) is 0.866. The fourth-order valence-corrected chi connectivity index (χ4v) is 1.85. The minimum Gasteiger partial charge on any atom is -0.493 e. The Labute approximate surface area is 111 Å². The second-order valence-corrected chi connectivity index (χ2v) is 4.09. The average molecular weight is 260 g/mol. The van der Waals surface area contributed by atoms with E-state index in [1.54, 1.807) is 0 Å². The number of hydrogen-bond acceptors (Lipinski definition) is 3. The lowest BCUT2D eigenvalue weighted by atomic mass is 10.0. The Morgan fingerprint density at radius 2 is 2.16 bits per heavy atom. The van der Waals surface area contributed by atoms with Crippen molar-refractivity contribution in [3.8, 4) is 17.0 Å². The van der Waals surface area contributed by atoms with Crippen LogP contribution in [0.3, 0.4) is 0 Å². The van der Waals surface area contributed by atoms with Crippen LogP contribution < -0.4 is 4.74 Å². The predicted molar refractivity (Wildman–Crippen MR) is 71.5 cm³/mol. The topological polar surface area (TPSA) is 75.2 Å². The van der Waals surface area contributed by atoms with Gasteiger partial charge in [-0.1, -0.05) is 13.0 Å². The van der Waals surface area contributed by atoms with Gasteiger partial charge in [0.05, 0.1) is 12.3 Å². The number of nitrogens with one attached hydrogen (secondary N) is 1. The van der Waals surface area contributed by atoms with Gasteiger partial charge in [0.1, 0.15) is 11.4 Å². The van der Waals surface area contributed by atoms with E-state index in [0.29, 0.717) is 18.1 Å². The number of hydrogen-bond donors (Lipinski definition) is 2. The van der Waals surface area contributed by atoms with Gasteiger partial charge < -0.3 is 9.84 Å². The number of aryl methyl sites for hydroxylation is 1. The molecule has 1 aromatic carbocycles. The maximum atomic E-state index is 10.9. The SMILES string of the molecule is CCOc1ccc(CC)cc1-c1cc(C(=O)O)[nH]n1. The van der Waals surface area contributed by atoms with Crippen LogP contribution in [0.1, 0.15) is 29.9 Å². The summed E-state index contributed by atoms with van der Waals surface area (Å²) in [5.74, 6) is -0.313. The highest BCUT2D eigenvalue weighted by atomic mass is 16.5. The molecule has 0 aliphatic carbocycles. The van der Waals surface area contributed by atoms with Crippen LogP contribution in [0.25, 0.3) is 11.3 Å². The average Bonchev–Trinajstić information content (AvgIpc) is 2.89. The normalized spacial score (nSPS) is 10.4. The number of aromatic carboxylic acids is 1. The summed E-state index contributed by atoms with van der Waals surface area (Å²) >= 11 is 0. The van der Waals surface area contributed by atoms with Crippen molar-refractivity contribution in [1.82, 2.24) is 10.2 Å². The smallest absolute Gasteiger partial charge is 0.353 e. The van der Waals surface area contributed by atoms with Gasteiger partial charge in [0.2, 0.25) is 0 Å². The van der Waals surface area contributed by atoms with Crippen molar-refractivity contribution in [2.24, 2.45) is 0 Å². The molecule has 0 amide bonds. The van der Waals surface area contributed by atoms with Gasteiger partial charge in [0, 0.05) is 5.56 Å². The lowest BCUT2D eigenvalue weighted by molar-refractivity contribution is 0.0690. The number of carboxylic acids is 1. The van der Waals surface area contributed by atoms with Crippen LogP contribution in [0.15, 0.2) is 24.3 Å².